The summed E-state index contributed by atoms with van der Waals surface area (Å²) in [7, 11) is 8.85. The van der Waals surface area contributed by atoms with Crippen molar-refractivity contribution in [2.24, 2.45) is 17.3 Å². The van der Waals surface area contributed by atoms with Crippen molar-refractivity contribution in [1.82, 2.24) is 16.0 Å². The molecule has 58 heavy (non-hydrogen) atoms. The minimum absolute atomic E-state index is 0.0130. The van der Waals surface area contributed by atoms with Gasteiger partial charge in [0.1, 0.15) is 6.73 Å². The Morgan fingerprint density at radius 2 is 0.914 bits per heavy atom. The van der Waals surface area contributed by atoms with E-state index in [-0.39, 0.29) is 48.3 Å². The Morgan fingerprint density at radius 1 is 0.586 bits per heavy atom. The molecule has 0 saturated carbocycles. The highest BCUT2D eigenvalue weighted by molar-refractivity contribution is 7.99. The molecule has 0 radical (unpaired) electrons. The average molecular weight is 946 g/mol. The van der Waals surface area contributed by atoms with Crippen LogP contribution in [0.5, 0.6) is 0 Å². The Balaban J connectivity index is -0.000000783. The number of aliphatic hydroxyl groups excluding tert-OH is 2. The number of amides is 3. The highest BCUT2D eigenvalue weighted by Crippen LogP contribution is 2.24. The molecular weight excluding hydrogens is 867 g/mol. The van der Waals surface area contributed by atoms with Gasteiger partial charge in [-0.2, -0.15) is 35.3 Å². The number of carbonyl (C=O) groups is 3. The summed E-state index contributed by atoms with van der Waals surface area (Å²) in [4.78, 5) is 34.6. The summed E-state index contributed by atoms with van der Waals surface area (Å²) in [5.41, 5.74) is -0.336. The van der Waals surface area contributed by atoms with Gasteiger partial charge in [0.25, 0.3) is 0 Å². The Kier molecular flexibility index (Phi) is 39.8. The molecule has 0 saturated heterocycles. The van der Waals surface area contributed by atoms with Crippen LogP contribution < -0.4 is 16.0 Å². The summed E-state index contributed by atoms with van der Waals surface area (Å²) < 4.78 is 48.1. The molecule has 348 valence electrons. The molecule has 23 heteroatoms. The van der Waals surface area contributed by atoms with Gasteiger partial charge in [-0.3, -0.25) is 14.4 Å². The Morgan fingerprint density at radius 3 is 1.21 bits per heavy atom. The van der Waals surface area contributed by atoms with Crippen LogP contribution in [0.2, 0.25) is 18.1 Å². The van der Waals surface area contributed by atoms with Crippen molar-refractivity contribution in [3.05, 3.63) is 0 Å². The van der Waals surface area contributed by atoms with Gasteiger partial charge in [-0.15, -0.1) is 0 Å². The maximum atomic E-state index is 11.6. The Labute approximate surface area is 366 Å². The molecule has 5 N–H and O–H groups in total. The van der Waals surface area contributed by atoms with E-state index < -0.39 is 26.4 Å². The van der Waals surface area contributed by atoms with Crippen LogP contribution >= 0.6 is 35.3 Å². The number of thioether (sulfide) groups is 3. The first-order valence-corrected chi connectivity index (χ1v) is 28.4. The molecule has 0 rings (SSSR count). The van der Waals surface area contributed by atoms with Crippen molar-refractivity contribution in [3.8, 4) is 0 Å². The molecule has 0 aromatic rings. The van der Waals surface area contributed by atoms with Crippen molar-refractivity contribution >= 4 is 79.4 Å². The third-order valence-corrected chi connectivity index (χ3v) is 21.3. The SMILES string of the molecule is CNC(=O)C(C)(C)CSCCC[Si](OC)(OC)OC.CO[Si](CCCSCC(C)C(=O)NCCO)(OC)OC.CO[Si](CCCSCC(C)C(=O)NCO)(OC)OC. The number of aliphatic hydroxyl groups is 2. The van der Waals surface area contributed by atoms with Gasteiger partial charge in [0, 0.05) is 125 Å². The Bertz CT molecular complexity index is 1010. The number of rotatable bonds is 33. The van der Waals surface area contributed by atoms with Gasteiger partial charge >= 0.3 is 26.4 Å². The quantitative estimate of drug-likeness (QED) is 0.0364. The summed E-state index contributed by atoms with van der Waals surface area (Å²) in [5, 5.41) is 25.0. The van der Waals surface area contributed by atoms with Gasteiger partial charge in [-0.05, 0) is 36.5 Å². The molecule has 17 nitrogen and oxygen atoms in total. The minimum atomic E-state index is -2.45. The van der Waals surface area contributed by atoms with E-state index >= 15 is 0 Å². The topological polar surface area (TPSA) is 211 Å². The lowest BCUT2D eigenvalue weighted by molar-refractivity contribution is -0.127. The highest BCUT2D eigenvalue weighted by atomic mass is 32.2. The van der Waals surface area contributed by atoms with Crippen LogP contribution in [0, 0.1) is 17.3 Å². The fraction of sp³-hybridized carbons (Fsp3) is 0.914. The van der Waals surface area contributed by atoms with Crippen LogP contribution in [0.1, 0.15) is 47.0 Å². The number of nitrogens with one attached hydrogen (secondary N) is 3. The average Bonchev–Trinajstić information content (AvgIpc) is 3.24. The maximum Gasteiger partial charge on any atom is 0.500 e. The van der Waals surface area contributed by atoms with E-state index in [1.165, 1.54) is 0 Å². The molecule has 0 heterocycles. The molecule has 0 aliphatic heterocycles. The van der Waals surface area contributed by atoms with E-state index in [0.717, 1.165) is 71.9 Å². The normalized spacial score (nSPS) is 13.0. The van der Waals surface area contributed by atoms with E-state index in [2.05, 4.69) is 16.0 Å². The lowest BCUT2D eigenvalue weighted by atomic mass is 9.95. The fourth-order valence-electron chi connectivity index (χ4n) is 4.85. The van der Waals surface area contributed by atoms with Crippen LogP contribution in [0.15, 0.2) is 0 Å². The van der Waals surface area contributed by atoms with Crippen molar-refractivity contribution in [2.75, 3.05) is 125 Å². The summed E-state index contributed by atoms with van der Waals surface area (Å²) in [6.45, 7) is 7.63. The van der Waals surface area contributed by atoms with Crippen molar-refractivity contribution in [3.63, 3.8) is 0 Å². The second-order valence-electron chi connectivity index (χ2n) is 13.4. The van der Waals surface area contributed by atoms with Crippen LogP contribution in [0.4, 0.5) is 0 Å². The van der Waals surface area contributed by atoms with Gasteiger partial charge in [0.15, 0.2) is 0 Å². The zero-order valence-corrected chi connectivity index (χ0v) is 43.2. The molecule has 0 aliphatic rings. The van der Waals surface area contributed by atoms with E-state index in [0.29, 0.717) is 6.54 Å². The Hall–Kier alpha value is -0.329. The molecule has 0 spiro atoms. The zero-order chi connectivity index (χ0) is 45.1. The first-order valence-electron chi connectivity index (χ1n) is 19.2. The van der Waals surface area contributed by atoms with Gasteiger partial charge in [0.05, 0.1) is 12.0 Å². The second kappa shape index (κ2) is 37.2. The van der Waals surface area contributed by atoms with Crippen LogP contribution in [0.3, 0.4) is 0 Å². The molecule has 2 unspecified atom stereocenters. The largest absolute Gasteiger partial charge is 0.500 e. The zero-order valence-electron chi connectivity index (χ0n) is 37.8. The van der Waals surface area contributed by atoms with E-state index in [1.807, 2.05) is 27.7 Å². The lowest BCUT2D eigenvalue weighted by Crippen LogP contribution is -2.42. The van der Waals surface area contributed by atoms with Crippen molar-refractivity contribution in [1.29, 1.82) is 0 Å². The standard InChI is InChI=1S/C12H27NO5SSi.C12H27NO4SSi.C11H25NO5SSi/c1-11(12(15)13-6-7-14)10-19-8-5-9-20(16-2,17-3)18-4;1-12(2,11(14)13-3)10-18-8-7-9-19(15-4,16-5)17-6;1-10(11(14)12-9-13)8-18-6-5-7-19(15-2,16-3)17-4/h11,14H,5-10H2,1-4H3,(H,13,15);7-10H2,1-6H3,(H,13,14);10,13H,5-9H2,1-4H3,(H,12,14). The molecule has 0 aromatic carbocycles. The number of carbonyl (C=O) groups excluding carboxylic acids is 3. The summed E-state index contributed by atoms with van der Waals surface area (Å²) in [6.07, 6.45) is 2.80. The predicted octanol–water partition coefficient (Wildman–Crippen LogP) is 3.18. The summed E-state index contributed by atoms with van der Waals surface area (Å²) in [5.74, 6) is 4.89. The molecular formula is C35H79N3O14S3Si3. The van der Waals surface area contributed by atoms with Gasteiger partial charge in [0.2, 0.25) is 17.7 Å². The maximum absolute atomic E-state index is 11.6. The first-order chi connectivity index (χ1) is 27.5. The van der Waals surface area contributed by atoms with E-state index in [1.54, 1.807) is 106 Å². The monoisotopic (exact) mass is 945 g/mol. The van der Waals surface area contributed by atoms with Crippen LogP contribution in [0.25, 0.3) is 0 Å². The minimum Gasteiger partial charge on any atom is -0.395 e. The van der Waals surface area contributed by atoms with Gasteiger partial charge < -0.3 is 66.0 Å². The van der Waals surface area contributed by atoms with E-state index in [9.17, 15) is 14.4 Å². The lowest BCUT2D eigenvalue weighted by Gasteiger charge is -2.25. The second-order valence-corrected chi connectivity index (χ2v) is 26.1. The van der Waals surface area contributed by atoms with Crippen molar-refractivity contribution in [2.45, 2.75) is 65.1 Å². The summed E-state index contributed by atoms with van der Waals surface area (Å²) in [6, 6.07) is 2.33. The molecule has 0 fully saturated rings. The third-order valence-electron chi connectivity index (χ3n) is 8.71. The smallest absolute Gasteiger partial charge is 0.395 e. The predicted molar refractivity (Wildman–Crippen MR) is 242 cm³/mol. The molecule has 0 bridgehead atoms. The van der Waals surface area contributed by atoms with Crippen LogP contribution in [-0.4, -0.2) is 180 Å². The van der Waals surface area contributed by atoms with Gasteiger partial charge in [-0.25, -0.2) is 0 Å². The van der Waals surface area contributed by atoms with E-state index in [4.69, 9.17) is 50.0 Å². The molecule has 0 aliphatic carbocycles. The number of hydrogen-bond acceptors (Lipinski definition) is 17. The first kappa shape index (κ1) is 62.0. The van der Waals surface area contributed by atoms with Crippen LogP contribution in [-0.2, 0) is 54.2 Å². The third kappa shape index (κ3) is 27.6. The fourth-order valence-corrected chi connectivity index (χ4v) is 14.0. The highest BCUT2D eigenvalue weighted by Gasteiger charge is 2.38. The summed E-state index contributed by atoms with van der Waals surface area (Å²) >= 11 is 5.20. The number of hydrogen-bond donors (Lipinski definition) is 5. The molecule has 2 atom stereocenters. The molecule has 0 aromatic heterocycles. The van der Waals surface area contributed by atoms with Gasteiger partial charge in [-0.1, -0.05) is 27.7 Å². The molecule has 3 amide bonds. The van der Waals surface area contributed by atoms with Crippen molar-refractivity contribution < 1.29 is 64.4 Å².